The van der Waals surface area contributed by atoms with Gasteiger partial charge in [0.25, 0.3) is 10.1 Å². The summed E-state index contributed by atoms with van der Waals surface area (Å²) in [6.45, 7) is 0. The quantitative estimate of drug-likeness (QED) is 0.532. The summed E-state index contributed by atoms with van der Waals surface area (Å²) in [4.78, 5) is 11.2. The van der Waals surface area contributed by atoms with Gasteiger partial charge < -0.3 is 4.74 Å². The van der Waals surface area contributed by atoms with Crippen LogP contribution in [0.15, 0.2) is 0 Å². The Bertz CT molecular complexity index is 313. The molecule has 88 valence electrons. The first kappa shape index (κ1) is 12.4. The van der Waals surface area contributed by atoms with Crippen molar-refractivity contribution >= 4 is 16.1 Å². The van der Waals surface area contributed by atoms with Gasteiger partial charge in [0.05, 0.1) is 25.4 Å². The summed E-state index contributed by atoms with van der Waals surface area (Å²) in [5, 5.41) is 0. The summed E-state index contributed by atoms with van der Waals surface area (Å²) < 4.78 is 31.2. The minimum Gasteiger partial charge on any atom is -0.469 e. The van der Waals surface area contributed by atoms with E-state index in [1.807, 2.05) is 0 Å². The topological polar surface area (TPSA) is 69.7 Å². The van der Waals surface area contributed by atoms with Crippen LogP contribution in [0, 0.1) is 5.92 Å². The highest BCUT2D eigenvalue weighted by molar-refractivity contribution is 7.86. The van der Waals surface area contributed by atoms with Gasteiger partial charge >= 0.3 is 5.97 Å². The second-order valence-corrected chi connectivity index (χ2v) is 5.40. The average molecular weight is 236 g/mol. The van der Waals surface area contributed by atoms with E-state index in [1.165, 1.54) is 7.11 Å². The smallest absolute Gasteiger partial charge is 0.308 e. The van der Waals surface area contributed by atoms with E-state index in [1.54, 1.807) is 0 Å². The number of carbonyl (C=O) groups is 1. The first-order valence-electron chi connectivity index (χ1n) is 4.88. The molecule has 1 aliphatic rings. The first-order valence-corrected chi connectivity index (χ1v) is 6.70. The van der Waals surface area contributed by atoms with Gasteiger partial charge in [-0.3, -0.25) is 8.98 Å². The lowest BCUT2D eigenvalue weighted by Gasteiger charge is -2.25. The molecule has 15 heavy (non-hydrogen) atoms. The molecular formula is C9H16O5S. The molecule has 0 radical (unpaired) electrons. The van der Waals surface area contributed by atoms with Gasteiger partial charge in [0.15, 0.2) is 0 Å². The van der Waals surface area contributed by atoms with E-state index in [9.17, 15) is 13.2 Å². The molecule has 1 aliphatic carbocycles. The van der Waals surface area contributed by atoms with Crippen molar-refractivity contribution in [2.24, 2.45) is 5.92 Å². The van der Waals surface area contributed by atoms with E-state index in [-0.39, 0.29) is 18.0 Å². The summed E-state index contributed by atoms with van der Waals surface area (Å²) >= 11 is 0. The Morgan fingerprint density at radius 2 is 1.73 bits per heavy atom. The molecule has 0 unspecified atom stereocenters. The number of hydrogen-bond acceptors (Lipinski definition) is 5. The van der Waals surface area contributed by atoms with Crippen LogP contribution in [-0.2, 0) is 23.8 Å². The first-order chi connectivity index (χ1) is 6.92. The van der Waals surface area contributed by atoms with E-state index in [2.05, 4.69) is 4.74 Å². The third kappa shape index (κ3) is 4.17. The van der Waals surface area contributed by atoms with Crippen LogP contribution in [0.5, 0.6) is 0 Å². The summed E-state index contributed by atoms with van der Waals surface area (Å²) in [7, 11) is -2.02. The lowest BCUT2D eigenvalue weighted by molar-refractivity contribution is -0.147. The van der Waals surface area contributed by atoms with Crippen molar-refractivity contribution in [3.8, 4) is 0 Å². The van der Waals surface area contributed by atoms with Crippen molar-refractivity contribution in [1.29, 1.82) is 0 Å². The minimum atomic E-state index is -3.38. The number of methoxy groups -OCH3 is 1. The van der Waals surface area contributed by atoms with E-state index in [0.717, 1.165) is 6.26 Å². The SMILES string of the molecule is COC(=O)C1CCC(OS(C)(=O)=O)CC1. The number of ether oxygens (including phenoxy) is 1. The van der Waals surface area contributed by atoms with Gasteiger partial charge in [-0.1, -0.05) is 0 Å². The fourth-order valence-electron chi connectivity index (χ4n) is 1.81. The van der Waals surface area contributed by atoms with Gasteiger partial charge in [-0.25, -0.2) is 0 Å². The molecule has 0 spiro atoms. The maximum atomic E-state index is 11.2. The van der Waals surface area contributed by atoms with Crippen LogP contribution in [0.25, 0.3) is 0 Å². The second kappa shape index (κ2) is 4.94. The molecule has 0 N–H and O–H groups in total. The van der Waals surface area contributed by atoms with Gasteiger partial charge in [0.2, 0.25) is 0 Å². The highest BCUT2D eigenvalue weighted by Gasteiger charge is 2.28. The summed E-state index contributed by atoms with van der Waals surface area (Å²) in [6, 6.07) is 0. The van der Waals surface area contributed by atoms with Crippen molar-refractivity contribution in [3.63, 3.8) is 0 Å². The Balaban J connectivity index is 2.39. The van der Waals surface area contributed by atoms with Crippen molar-refractivity contribution in [2.75, 3.05) is 13.4 Å². The fraction of sp³-hybridized carbons (Fsp3) is 0.889. The van der Waals surface area contributed by atoms with Crippen LogP contribution in [0.1, 0.15) is 25.7 Å². The minimum absolute atomic E-state index is 0.102. The number of rotatable bonds is 3. The van der Waals surface area contributed by atoms with Crippen molar-refractivity contribution < 1.29 is 22.1 Å². The molecule has 0 aromatic rings. The standard InChI is InChI=1S/C9H16O5S/c1-13-9(10)7-3-5-8(6-4-7)14-15(2,11)12/h7-8H,3-6H2,1-2H3. The van der Waals surface area contributed by atoms with Crippen LogP contribution in [0.2, 0.25) is 0 Å². The predicted octanol–water partition coefficient (Wildman–Crippen LogP) is 0.694. The third-order valence-corrected chi connectivity index (χ3v) is 3.14. The molecule has 6 heteroatoms. The Labute approximate surface area is 89.9 Å². The Morgan fingerprint density at radius 3 is 2.13 bits per heavy atom. The average Bonchev–Trinajstić information content (AvgIpc) is 2.15. The Morgan fingerprint density at radius 1 is 1.20 bits per heavy atom. The number of hydrogen-bond donors (Lipinski definition) is 0. The molecule has 0 aliphatic heterocycles. The summed E-state index contributed by atoms with van der Waals surface area (Å²) in [5.41, 5.74) is 0. The third-order valence-electron chi connectivity index (χ3n) is 2.52. The zero-order valence-corrected chi connectivity index (χ0v) is 9.75. The largest absolute Gasteiger partial charge is 0.469 e. The zero-order valence-electron chi connectivity index (χ0n) is 8.93. The molecule has 0 atom stereocenters. The maximum absolute atomic E-state index is 11.2. The van der Waals surface area contributed by atoms with Crippen LogP contribution in [-0.4, -0.2) is 33.9 Å². The fourth-order valence-corrected chi connectivity index (χ4v) is 2.50. The summed E-state index contributed by atoms with van der Waals surface area (Å²) in [6.07, 6.45) is 3.21. The molecule has 0 heterocycles. The number of esters is 1. The van der Waals surface area contributed by atoms with Crippen molar-refractivity contribution in [2.45, 2.75) is 31.8 Å². The van der Waals surface area contributed by atoms with Gasteiger partial charge in [-0.2, -0.15) is 8.42 Å². The van der Waals surface area contributed by atoms with Gasteiger partial charge in [-0.05, 0) is 25.7 Å². The monoisotopic (exact) mass is 236 g/mol. The van der Waals surface area contributed by atoms with Crippen molar-refractivity contribution in [1.82, 2.24) is 0 Å². The van der Waals surface area contributed by atoms with E-state index in [4.69, 9.17) is 4.18 Å². The molecule has 0 amide bonds. The predicted molar refractivity (Wildman–Crippen MR) is 53.7 cm³/mol. The van der Waals surface area contributed by atoms with Crippen LogP contribution < -0.4 is 0 Å². The van der Waals surface area contributed by atoms with Crippen molar-refractivity contribution in [3.05, 3.63) is 0 Å². The molecule has 1 rings (SSSR count). The van der Waals surface area contributed by atoms with E-state index in [0.29, 0.717) is 25.7 Å². The normalized spacial score (nSPS) is 27.3. The highest BCUT2D eigenvalue weighted by Crippen LogP contribution is 2.27. The van der Waals surface area contributed by atoms with E-state index < -0.39 is 10.1 Å². The second-order valence-electron chi connectivity index (χ2n) is 3.80. The lowest BCUT2D eigenvalue weighted by atomic mass is 9.88. The molecule has 0 aromatic carbocycles. The molecule has 0 saturated heterocycles. The molecule has 1 saturated carbocycles. The molecular weight excluding hydrogens is 220 g/mol. The van der Waals surface area contributed by atoms with Crippen LogP contribution in [0.3, 0.4) is 0 Å². The Hall–Kier alpha value is -0.620. The molecule has 0 bridgehead atoms. The van der Waals surface area contributed by atoms with Crippen LogP contribution in [0.4, 0.5) is 0 Å². The number of carbonyl (C=O) groups excluding carboxylic acids is 1. The van der Waals surface area contributed by atoms with Gasteiger partial charge in [-0.15, -0.1) is 0 Å². The highest BCUT2D eigenvalue weighted by atomic mass is 32.2. The molecule has 1 fully saturated rings. The zero-order chi connectivity index (χ0) is 11.5. The van der Waals surface area contributed by atoms with Gasteiger partial charge in [0, 0.05) is 0 Å². The van der Waals surface area contributed by atoms with Crippen LogP contribution >= 0.6 is 0 Å². The van der Waals surface area contributed by atoms with E-state index >= 15 is 0 Å². The Kier molecular flexibility index (Phi) is 4.10. The molecule has 5 nitrogen and oxygen atoms in total. The lowest BCUT2D eigenvalue weighted by Crippen LogP contribution is -2.28. The van der Waals surface area contributed by atoms with Gasteiger partial charge in [0.1, 0.15) is 0 Å². The maximum Gasteiger partial charge on any atom is 0.308 e. The molecule has 0 aromatic heterocycles. The summed E-state index contributed by atoms with van der Waals surface area (Å²) in [5.74, 6) is -0.317.